The third-order valence-electron chi connectivity index (χ3n) is 7.00. The van der Waals surface area contributed by atoms with E-state index >= 15 is 0 Å². The standard InChI is InChI=1S/C26H24F3NO2/c1-2-15-3-4-17-10-18(6-5-16(17)9-15)21-8-7-19(11-23(21)27)26(31)32-20-12-24(28)22(14-30)25(29)13-20/h2,7-8,11-13,15-18H,1,3-6,9-10H2. The average molecular weight is 439 g/mol. The number of nitrogens with zero attached hydrogens (tertiary/aromatic N) is 1. The fourth-order valence-corrected chi connectivity index (χ4v) is 5.29. The zero-order chi connectivity index (χ0) is 22.8. The maximum Gasteiger partial charge on any atom is 0.343 e. The average Bonchev–Trinajstić information content (AvgIpc) is 2.78. The van der Waals surface area contributed by atoms with Crippen molar-refractivity contribution < 1.29 is 22.7 Å². The van der Waals surface area contributed by atoms with Crippen LogP contribution in [0.1, 0.15) is 65.9 Å². The minimum Gasteiger partial charge on any atom is -0.423 e. The van der Waals surface area contributed by atoms with Crippen LogP contribution in [0, 0.1) is 46.5 Å². The number of esters is 1. The maximum atomic E-state index is 14.9. The largest absolute Gasteiger partial charge is 0.423 e. The van der Waals surface area contributed by atoms with Crippen LogP contribution in [0.4, 0.5) is 13.2 Å². The molecule has 6 heteroatoms. The molecule has 0 bridgehead atoms. The molecule has 0 amide bonds. The minimum atomic E-state index is -1.13. The van der Waals surface area contributed by atoms with E-state index in [1.165, 1.54) is 18.6 Å². The summed E-state index contributed by atoms with van der Waals surface area (Å²) in [6.07, 6.45) is 8.43. The summed E-state index contributed by atoms with van der Waals surface area (Å²) in [6.45, 7) is 3.92. The van der Waals surface area contributed by atoms with Gasteiger partial charge in [0.15, 0.2) is 0 Å². The van der Waals surface area contributed by atoms with Gasteiger partial charge in [-0.3, -0.25) is 0 Å². The highest BCUT2D eigenvalue weighted by molar-refractivity contribution is 5.91. The number of halogens is 3. The third kappa shape index (κ3) is 4.43. The molecule has 2 aliphatic carbocycles. The van der Waals surface area contributed by atoms with E-state index in [9.17, 15) is 18.0 Å². The van der Waals surface area contributed by atoms with Gasteiger partial charge in [0.05, 0.1) is 5.56 Å². The predicted octanol–water partition coefficient (Wildman–Crippen LogP) is 6.68. The summed E-state index contributed by atoms with van der Waals surface area (Å²) in [5, 5.41) is 8.72. The second-order valence-electron chi connectivity index (χ2n) is 8.84. The van der Waals surface area contributed by atoms with Gasteiger partial charge >= 0.3 is 5.97 Å². The molecule has 4 atom stereocenters. The molecule has 2 fully saturated rings. The van der Waals surface area contributed by atoms with Crippen molar-refractivity contribution in [3.05, 3.63) is 77.1 Å². The number of rotatable bonds is 4. The van der Waals surface area contributed by atoms with E-state index in [-0.39, 0.29) is 17.2 Å². The number of nitriles is 1. The van der Waals surface area contributed by atoms with Crippen LogP contribution in [0.15, 0.2) is 43.0 Å². The van der Waals surface area contributed by atoms with Gasteiger partial charge in [0.25, 0.3) is 0 Å². The highest BCUT2D eigenvalue weighted by Gasteiger charge is 2.36. The second-order valence-corrected chi connectivity index (χ2v) is 8.84. The summed E-state index contributed by atoms with van der Waals surface area (Å²) in [4.78, 5) is 12.4. The zero-order valence-corrected chi connectivity index (χ0v) is 17.6. The van der Waals surface area contributed by atoms with Crippen LogP contribution in [-0.4, -0.2) is 5.97 Å². The van der Waals surface area contributed by atoms with Crippen molar-refractivity contribution in [3.63, 3.8) is 0 Å². The van der Waals surface area contributed by atoms with E-state index in [4.69, 9.17) is 10.00 Å². The van der Waals surface area contributed by atoms with Gasteiger partial charge in [-0.15, -0.1) is 6.58 Å². The highest BCUT2D eigenvalue weighted by atomic mass is 19.1. The number of carbonyl (C=O) groups is 1. The fourth-order valence-electron chi connectivity index (χ4n) is 5.29. The Labute approximate surface area is 185 Å². The molecular formula is C26H24F3NO2. The summed E-state index contributed by atoms with van der Waals surface area (Å²) in [5.74, 6) is -2.07. The van der Waals surface area contributed by atoms with Crippen LogP contribution >= 0.6 is 0 Å². The third-order valence-corrected chi connectivity index (χ3v) is 7.00. The summed E-state index contributed by atoms with van der Waals surface area (Å²) >= 11 is 0. The first-order valence-corrected chi connectivity index (χ1v) is 10.9. The van der Waals surface area contributed by atoms with Crippen LogP contribution in [0.5, 0.6) is 5.75 Å². The molecular weight excluding hydrogens is 415 g/mol. The van der Waals surface area contributed by atoms with Crippen LogP contribution in [0.2, 0.25) is 0 Å². The van der Waals surface area contributed by atoms with E-state index in [0.717, 1.165) is 50.3 Å². The number of carbonyl (C=O) groups excluding carboxylic acids is 1. The molecule has 2 aliphatic rings. The second kappa shape index (κ2) is 9.20. The van der Waals surface area contributed by atoms with Crippen LogP contribution in [-0.2, 0) is 0 Å². The van der Waals surface area contributed by atoms with Crippen molar-refractivity contribution in [3.8, 4) is 11.8 Å². The van der Waals surface area contributed by atoms with Crippen LogP contribution in [0.3, 0.4) is 0 Å². The lowest BCUT2D eigenvalue weighted by Gasteiger charge is -2.41. The van der Waals surface area contributed by atoms with Gasteiger partial charge in [-0.1, -0.05) is 12.1 Å². The first-order valence-electron chi connectivity index (χ1n) is 10.9. The molecule has 2 saturated carbocycles. The quantitative estimate of drug-likeness (QED) is 0.303. The maximum absolute atomic E-state index is 14.9. The Morgan fingerprint density at radius 3 is 2.34 bits per heavy atom. The molecule has 0 spiro atoms. The minimum absolute atomic E-state index is 0.0448. The molecule has 2 aromatic rings. The molecule has 4 rings (SSSR count). The first kappa shape index (κ1) is 22.1. The number of hydrogen-bond acceptors (Lipinski definition) is 3. The SMILES string of the molecule is C=CC1CCC2CC(c3ccc(C(=O)Oc4cc(F)c(C#N)c(F)c4)cc3F)CCC2C1. The van der Waals surface area contributed by atoms with Gasteiger partial charge in [-0.25, -0.2) is 18.0 Å². The Bertz CT molecular complexity index is 1070. The van der Waals surface area contributed by atoms with Crippen molar-refractivity contribution in [1.29, 1.82) is 5.26 Å². The Hall–Kier alpha value is -3.07. The Morgan fingerprint density at radius 2 is 1.69 bits per heavy atom. The normalized spacial score (nSPS) is 24.8. The number of hydrogen-bond donors (Lipinski definition) is 0. The topological polar surface area (TPSA) is 50.1 Å². The molecule has 3 nitrogen and oxygen atoms in total. The number of fused-ring (bicyclic) bond motifs is 1. The van der Waals surface area contributed by atoms with Crippen molar-refractivity contribution in [2.75, 3.05) is 0 Å². The van der Waals surface area contributed by atoms with Gasteiger partial charge in [0.2, 0.25) is 0 Å². The first-order chi connectivity index (χ1) is 15.4. The lowest BCUT2D eigenvalue weighted by molar-refractivity contribution is 0.0733. The summed E-state index contributed by atoms with van der Waals surface area (Å²) < 4.78 is 47.4. The fraction of sp³-hybridized carbons (Fsp3) is 0.385. The lowest BCUT2D eigenvalue weighted by atomic mass is 9.64. The Balaban J connectivity index is 1.45. The summed E-state index contributed by atoms with van der Waals surface area (Å²) in [5.41, 5.74) is -0.203. The monoisotopic (exact) mass is 439 g/mol. The summed E-state index contributed by atoms with van der Waals surface area (Å²) in [7, 11) is 0. The number of allylic oxidation sites excluding steroid dienone is 1. The molecule has 0 saturated heterocycles. The van der Waals surface area contributed by atoms with E-state index in [2.05, 4.69) is 12.7 Å². The van der Waals surface area contributed by atoms with E-state index in [0.29, 0.717) is 23.3 Å². The van der Waals surface area contributed by atoms with Crippen molar-refractivity contribution >= 4 is 5.97 Å². The van der Waals surface area contributed by atoms with Gasteiger partial charge in [0, 0.05) is 12.1 Å². The van der Waals surface area contributed by atoms with Crippen molar-refractivity contribution in [1.82, 2.24) is 0 Å². The van der Waals surface area contributed by atoms with Gasteiger partial charge in [-0.2, -0.15) is 5.26 Å². The Kier molecular flexibility index (Phi) is 6.36. The van der Waals surface area contributed by atoms with Gasteiger partial charge in [0.1, 0.15) is 34.8 Å². The molecule has 32 heavy (non-hydrogen) atoms. The molecule has 0 N–H and O–H groups in total. The van der Waals surface area contributed by atoms with E-state index in [1.807, 2.05) is 0 Å². The highest BCUT2D eigenvalue weighted by Crippen LogP contribution is 2.48. The molecule has 2 aromatic carbocycles. The molecule has 4 unspecified atom stereocenters. The molecule has 166 valence electrons. The number of benzene rings is 2. The van der Waals surface area contributed by atoms with Crippen molar-refractivity contribution in [2.24, 2.45) is 17.8 Å². The molecule has 0 aliphatic heterocycles. The Morgan fingerprint density at radius 1 is 1.00 bits per heavy atom. The molecule has 0 aromatic heterocycles. The van der Waals surface area contributed by atoms with Crippen molar-refractivity contribution in [2.45, 2.75) is 44.4 Å². The molecule has 0 radical (unpaired) electrons. The van der Waals surface area contributed by atoms with Crippen LogP contribution in [0.25, 0.3) is 0 Å². The zero-order valence-electron chi connectivity index (χ0n) is 17.6. The molecule has 0 heterocycles. The van der Waals surface area contributed by atoms with E-state index in [1.54, 1.807) is 6.07 Å². The van der Waals surface area contributed by atoms with Gasteiger partial charge < -0.3 is 4.74 Å². The lowest BCUT2D eigenvalue weighted by Crippen LogP contribution is -2.30. The predicted molar refractivity (Wildman–Crippen MR) is 114 cm³/mol. The van der Waals surface area contributed by atoms with Gasteiger partial charge in [-0.05, 0) is 79.9 Å². The summed E-state index contributed by atoms with van der Waals surface area (Å²) in [6, 6.07) is 7.13. The van der Waals surface area contributed by atoms with E-state index < -0.39 is 29.0 Å². The number of ether oxygens (including phenoxy) is 1. The van der Waals surface area contributed by atoms with Crippen LogP contribution < -0.4 is 4.74 Å². The smallest absolute Gasteiger partial charge is 0.343 e.